The van der Waals surface area contributed by atoms with Gasteiger partial charge in [0.25, 0.3) is 0 Å². The maximum atomic E-state index is 5.20. The molecule has 2 heteroatoms. The van der Waals surface area contributed by atoms with Gasteiger partial charge in [0.05, 0.1) is 7.11 Å². The maximum Gasteiger partial charge on any atom is 0.118 e. The summed E-state index contributed by atoms with van der Waals surface area (Å²) in [5.74, 6) is 1.78. The van der Waals surface area contributed by atoms with E-state index in [4.69, 9.17) is 4.74 Å². The molecule has 0 aromatic heterocycles. The minimum absolute atomic E-state index is 0.405. The van der Waals surface area contributed by atoms with Crippen LogP contribution in [-0.2, 0) is 0 Å². The van der Waals surface area contributed by atoms with Gasteiger partial charge in [-0.05, 0) is 50.3 Å². The Balaban J connectivity index is 1.89. The Bertz CT molecular complexity index is 367. The second-order valence-corrected chi connectivity index (χ2v) is 5.85. The largest absolute Gasteiger partial charge is 0.497 e. The van der Waals surface area contributed by atoms with Gasteiger partial charge < -0.3 is 10.1 Å². The van der Waals surface area contributed by atoms with Crippen molar-refractivity contribution < 1.29 is 4.74 Å². The van der Waals surface area contributed by atoms with Crippen molar-refractivity contribution >= 4 is 0 Å². The number of nitrogens with one attached hydrogen (secondary N) is 1. The molecule has 1 aliphatic carbocycles. The second kappa shape index (κ2) is 6.95. The number of methoxy groups -OCH3 is 1. The third kappa shape index (κ3) is 3.97. The van der Waals surface area contributed by atoms with Gasteiger partial charge in [-0.25, -0.2) is 0 Å². The third-order valence-electron chi connectivity index (χ3n) is 4.49. The summed E-state index contributed by atoms with van der Waals surface area (Å²) in [6.45, 7) is 4.59. The molecule has 106 valence electrons. The molecule has 19 heavy (non-hydrogen) atoms. The van der Waals surface area contributed by atoms with Crippen LogP contribution >= 0.6 is 0 Å². The van der Waals surface area contributed by atoms with Crippen molar-refractivity contribution in [1.82, 2.24) is 5.32 Å². The molecule has 2 atom stereocenters. The van der Waals surface area contributed by atoms with E-state index in [1.807, 2.05) is 12.1 Å². The van der Waals surface area contributed by atoms with Gasteiger partial charge in [0.1, 0.15) is 5.75 Å². The van der Waals surface area contributed by atoms with Crippen molar-refractivity contribution in [3.63, 3.8) is 0 Å². The molecule has 0 bridgehead atoms. The van der Waals surface area contributed by atoms with Crippen LogP contribution in [0.1, 0.15) is 57.6 Å². The number of ether oxygens (including phenoxy) is 1. The van der Waals surface area contributed by atoms with Crippen LogP contribution in [0.25, 0.3) is 0 Å². The lowest BCUT2D eigenvalue weighted by molar-refractivity contribution is 0.268. The van der Waals surface area contributed by atoms with Crippen molar-refractivity contribution in [2.75, 3.05) is 7.11 Å². The lowest BCUT2D eigenvalue weighted by Gasteiger charge is -2.30. The Kier molecular flexibility index (Phi) is 5.26. The molecule has 1 aromatic carbocycles. The van der Waals surface area contributed by atoms with E-state index in [1.165, 1.54) is 37.7 Å². The zero-order chi connectivity index (χ0) is 13.7. The summed E-state index contributed by atoms with van der Waals surface area (Å²) in [6.07, 6.45) is 7.03. The second-order valence-electron chi connectivity index (χ2n) is 5.85. The summed E-state index contributed by atoms with van der Waals surface area (Å²) in [5.41, 5.74) is 1.34. The average molecular weight is 261 g/mol. The Labute approximate surface area is 117 Å². The molecule has 2 rings (SSSR count). The van der Waals surface area contributed by atoms with Crippen molar-refractivity contribution in [3.05, 3.63) is 29.8 Å². The summed E-state index contributed by atoms with van der Waals surface area (Å²) in [6, 6.07) is 9.41. The smallest absolute Gasteiger partial charge is 0.118 e. The Morgan fingerprint density at radius 2 is 1.68 bits per heavy atom. The molecule has 0 spiro atoms. The summed E-state index contributed by atoms with van der Waals surface area (Å²) >= 11 is 0. The van der Waals surface area contributed by atoms with E-state index in [1.54, 1.807) is 7.11 Å². The normalized spacial score (nSPS) is 19.9. The number of rotatable bonds is 5. The van der Waals surface area contributed by atoms with E-state index in [9.17, 15) is 0 Å². The molecule has 0 radical (unpaired) electrons. The molecular formula is C17H27NO. The Morgan fingerprint density at radius 1 is 1.05 bits per heavy atom. The van der Waals surface area contributed by atoms with Crippen LogP contribution in [-0.4, -0.2) is 13.2 Å². The zero-order valence-corrected chi connectivity index (χ0v) is 12.5. The van der Waals surface area contributed by atoms with Gasteiger partial charge in [0.2, 0.25) is 0 Å². The van der Waals surface area contributed by atoms with Gasteiger partial charge in [-0.1, -0.05) is 31.4 Å². The fourth-order valence-electron chi connectivity index (χ4n) is 3.15. The number of hydrogen-bond donors (Lipinski definition) is 1. The van der Waals surface area contributed by atoms with Crippen LogP contribution in [0.2, 0.25) is 0 Å². The predicted octanol–water partition coefficient (Wildman–Crippen LogP) is 4.31. The van der Waals surface area contributed by atoms with E-state index in [-0.39, 0.29) is 0 Å². The highest BCUT2D eigenvalue weighted by Gasteiger charge is 2.21. The average Bonchev–Trinajstić information content (AvgIpc) is 2.48. The highest BCUT2D eigenvalue weighted by Crippen LogP contribution is 2.28. The van der Waals surface area contributed by atoms with Crippen LogP contribution in [0.5, 0.6) is 5.75 Å². The maximum absolute atomic E-state index is 5.20. The molecule has 1 N–H and O–H groups in total. The van der Waals surface area contributed by atoms with E-state index in [0.29, 0.717) is 12.1 Å². The monoisotopic (exact) mass is 261 g/mol. The van der Waals surface area contributed by atoms with E-state index < -0.39 is 0 Å². The van der Waals surface area contributed by atoms with Gasteiger partial charge in [-0.3, -0.25) is 0 Å². The highest BCUT2D eigenvalue weighted by atomic mass is 16.5. The SMILES string of the molecule is COc1ccc([C@H](C)NC(C)C2CCCCC2)cc1. The molecule has 2 nitrogen and oxygen atoms in total. The molecule has 1 saturated carbocycles. The summed E-state index contributed by atoms with van der Waals surface area (Å²) in [5, 5.41) is 3.76. The summed E-state index contributed by atoms with van der Waals surface area (Å²) < 4.78 is 5.20. The first-order chi connectivity index (χ1) is 9.20. The van der Waals surface area contributed by atoms with Crippen molar-refractivity contribution in [2.24, 2.45) is 5.92 Å². The van der Waals surface area contributed by atoms with Gasteiger partial charge in [0, 0.05) is 12.1 Å². The van der Waals surface area contributed by atoms with Crippen molar-refractivity contribution in [2.45, 2.75) is 58.0 Å². The van der Waals surface area contributed by atoms with Crippen LogP contribution in [0.4, 0.5) is 0 Å². The van der Waals surface area contributed by atoms with Crippen LogP contribution < -0.4 is 10.1 Å². The quantitative estimate of drug-likeness (QED) is 0.852. The van der Waals surface area contributed by atoms with Crippen molar-refractivity contribution in [1.29, 1.82) is 0 Å². The summed E-state index contributed by atoms with van der Waals surface area (Å²) in [4.78, 5) is 0. The zero-order valence-electron chi connectivity index (χ0n) is 12.5. The molecule has 1 aliphatic rings. The number of benzene rings is 1. The van der Waals surface area contributed by atoms with Gasteiger partial charge in [0.15, 0.2) is 0 Å². The molecule has 1 fully saturated rings. The van der Waals surface area contributed by atoms with E-state index in [0.717, 1.165) is 11.7 Å². The first-order valence-corrected chi connectivity index (χ1v) is 7.60. The first kappa shape index (κ1) is 14.4. The molecular weight excluding hydrogens is 234 g/mol. The molecule has 0 amide bonds. The number of hydrogen-bond acceptors (Lipinski definition) is 2. The van der Waals surface area contributed by atoms with Gasteiger partial charge in [-0.15, -0.1) is 0 Å². The first-order valence-electron chi connectivity index (χ1n) is 7.60. The third-order valence-corrected chi connectivity index (χ3v) is 4.49. The van der Waals surface area contributed by atoms with E-state index in [2.05, 4.69) is 31.3 Å². The predicted molar refractivity (Wildman–Crippen MR) is 80.6 cm³/mol. The molecule has 0 saturated heterocycles. The molecule has 0 heterocycles. The minimum atomic E-state index is 0.405. The fraction of sp³-hybridized carbons (Fsp3) is 0.647. The molecule has 0 aliphatic heterocycles. The van der Waals surface area contributed by atoms with Crippen molar-refractivity contribution in [3.8, 4) is 5.75 Å². The lowest BCUT2D eigenvalue weighted by atomic mass is 9.84. The van der Waals surface area contributed by atoms with Gasteiger partial charge in [-0.2, -0.15) is 0 Å². The lowest BCUT2D eigenvalue weighted by Crippen LogP contribution is -2.36. The topological polar surface area (TPSA) is 21.3 Å². The van der Waals surface area contributed by atoms with Gasteiger partial charge >= 0.3 is 0 Å². The van der Waals surface area contributed by atoms with Crippen LogP contribution in [0.3, 0.4) is 0 Å². The standard InChI is InChI=1S/C17H27NO/c1-13(15-7-5-4-6-8-15)18-14(2)16-9-11-17(19-3)12-10-16/h9-15,18H,4-8H2,1-3H3/t13?,14-/m0/s1. The van der Waals surface area contributed by atoms with Crippen LogP contribution in [0.15, 0.2) is 24.3 Å². The van der Waals surface area contributed by atoms with E-state index >= 15 is 0 Å². The summed E-state index contributed by atoms with van der Waals surface area (Å²) in [7, 11) is 1.71. The Morgan fingerprint density at radius 3 is 2.26 bits per heavy atom. The Hall–Kier alpha value is -1.02. The highest BCUT2D eigenvalue weighted by molar-refractivity contribution is 5.28. The molecule has 1 aromatic rings. The van der Waals surface area contributed by atoms with Crippen LogP contribution in [0, 0.1) is 5.92 Å². The molecule has 1 unspecified atom stereocenters. The minimum Gasteiger partial charge on any atom is -0.497 e. The fourth-order valence-corrected chi connectivity index (χ4v) is 3.15.